The number of anilines is 1. The van der Waals surface area contributed by atoms with E-state index in [2.05, 4.69) is 31.9 Å². The molecule has 4 aromatic carbocycles. The van der Waals surface area contributed by atoms with Gasteiger partial charge < -0.3 is 14.2 Å². The van der Waals surface area contributed by atoms with E-state index < -0.39 is 5.97 Å². The van der Waals surface area contributed by atoms with Crippen LogP contribution in [0.1, 0.15) is 33.2 Å². The lowest BCUT2D eigenvalue weighted by molar-refractivity contribution is -0.141. The molecule has 0 radical (unpaired) electrons. The number of hydrogen-bond acceptors (Lipinski definition) is 6. The number of nitrogens with zero attached hydrogens (tertiary/aromatic N) is 1. The number of methoxy groups -OCH3 is 1. The molecule has 0 heterocycles. The zero-order valence-corrected chi connectivity index (χ0v) is 26.0. The zero-order chi connectivity index (χ0) is 29.5. The molecule has 210 valence electrons. The lowest BCUT2D eigenvalue weighted by Gasteiger charge is -2.23. The second-order valence-corrected chi connectivity index (χ2v) is 10.7. The molecule has 4 aromatic rings. The van der Waals surface area contributed by atoms with Crippen molar-refractivity contribution >= 4 is 66.8 Å². The van der Waals surface area contributed by atoms with Crippen LogP contribution in [0.2, 0.25) is 5.02 Å². The first kappa shape index (κ1) is 30.3. The average Bonchev–Trinajstić information content (AvgIpc) is 2.98. The van der Waals surface area contributed by atoms with Crippen molar-refractivity contribution in [3.05, 3.63) is 116 Å². The summed E-state index contributed by atoms with van der Waals surface area (Å²) in [7, 11) is 1.49. The molecule has 10 heteroatoms. The van der Waals surface area contributed by atoms with Crippen LogP contribution in [0.15, 0.2) is 93.9 Å². The van der Waals surface area contributed by atoms with Gasteiger partial charge in [-0.25, -0.2) is 0 Å². The average molecular weight is 702 g/mol. The molecule has 0 saturated carbocycles. The topological polar surface area (TPSA) is 82.1 Å². The predicted molar refractivity (Wildman–Crippen MR) is 165 cm³/mol. The maximum atomic E-state index is 13.4. The van der Waals surface area contributed by atoms with Crippen molar-refractivity contribution in [1.82, 2.24) is 0 Å². The van der Waals surface area contributed by atoms with Crippen molar-refractivity contribution in [3.63, 3.8) is 0 Å². The lowest BCUT2D eigenvalue weighted by atomic mass is 10.0. The highest BCUT2D eigenvalue weighted by Crippen LogP contribution is 2.41. The third kappa shape index (κ3) is 7.35. The molecule has 0 aliphatic carbocycles. The number of carbonyl (C=O) groups excluding carboxylic acids is 3. The molecule has 0 fully saturated rings. The van der Waals surface area contributed by atoms with Crippen LogP contribution in [-0.2, 0) is 9.53 Å². The number of ketones is 1. The number of hydrogen-bond donors (Lipinski definition) is 0. The molecule has 0 unspecified atom stereocenters. The fourth-order valence-corrected chi connectivity index (χ4v) is 5.41. The van der Waals surface area contributed by atoms with Crippen molar-refractivity contribution in [2.24, 2.45) is 0 Å². The molecule has 1 amide bonds. The second-order valence-electron chi connectivity index (χ2n) is 8.60. The minimum absolute atomic E-state index is 0.191. The van der Waals surface area contributed by atoms with Gasteiger partial charge in [0.25, 0.3) is 5.91 Å². The van der Waals surface area contributed by atoms with E-state index in [1.807, 2.05) is 0 Å². The van der Waals surface area contributed by atoms with E-state index in [0.29, 0.717) is 53.6 Å². The van der Waals surface area contributed by atoms with E-state index >= 15 is 0 Å². The fourth-order valence-electron chi connectivity index (χ4n) is 3.96. The number of carbonyl (C=O) groups is 3. The van der Waals surface area contributed by atoms with Crippen LogP contribution in [-0.4, -0.2) is 37.9 Å². The van der Waals surface area contributed by atoms with Gasteiger partial charge >= 0.3 is 5.97 Å². The Bertz CT molecular complexity index is 1550. The number of benzene rings is 4. The first-order valence-electron chi connectivity index (χ1n) is 12.4. The lowest BCUT2D eigenvalue weighted by Crippen LogP contribution is -2.36. The summed E-state index contributed by atoms with van der Waals surface area (Å²) in [5, 5.41) is 0.523. The van der Waals surface area contributed by atoms with Gasteiger partial charge in [0.1, 0.15) is 18.0 Å². The number of rotatable bonds is 10. The molecule has 0 aliphatic heterocycles. The molecule has 0 N–H and O–H groups in total. The summed E-state index contributed by atoms with van der Waals surface area (Å²) in [6, 6.07) is 23.5. The number of ether oxygens (including phenoxy) is 3. The van der Waals surface area contributed by atoms with Crippen LogP contribution in [0.4, 0.5) is 5.69 Å². The van der Waals surface area contributed by atoms with Gasteiger partial charge in [0, 0.05) is 21.8 Å². The maximum absolute atomic E-state index is 13.4. The molecule has 0 atom stereocenters. The van der Waals surface area contributed by atoms with Gasteiger partial charge in [-0.15, -0.1) is 0 Å². The van der Waals surface area contributed by atoms with Gasteiger partial charge in [0.15, 0.2) is 11.5 Å². The van der Waals surface area contributed by atoms with Gasteiger partial charge in [-0.3, -0.25) is 19.3 Å². The zero-order valence-electron chi connectivity index (χ0n) is 22.0. The van der Waals surface area contributed by atoms with Crippen LogP contribution < -0.4 is 14.4 Å². The summed E-state index contributed by atoms with van der Waals surface area (Å²) in [5.41, 5.74) is 1.61. The maximum Gasteiger partial charge on any atom is 0.326 e. The Hall–Kier alpha value is -3.66. The van der Waals surface area contributed by atoms with E-state index in [1.165, 1.54) is 12.0 Å². The largest absolute Gasteiger partial charge is 0.496 e. The van der Waals surface area contributed by atoms with E-state index in [9.17, 15) is 14.4 Å². The van der Waals surface area contributed by atoms with Crippen LogP contribution in [0.5, 0.6) is 17.2 Å². The molecule has 41 heavy (non-hydrogen) atoms. The van der Waals surface area contributed by atoms with E-state index in [1.54, 1.807) is 91.9 Å². The van der Waals surface area contributed by atoms with Crippen LogP contribution in [0.25, 0.3) is 0 Å². The minimum Gasteiger partial charge on any atom is -0.496 e. The smallest absolute Gasteiger partial charge is 0.326 e. The monoisotopic (exact) mass is 699 g/mol. The standard InChI is InChI=1S/C31H24Br2ClNO6/c1-3-40-28(36)18-35(31(38)20-7-5-4-6-8-20)22-15-25(32)30(26(33)16-22)41-23-13-14-27(39-2)24(17-23)29(37)19-9-11-21(34)12-10-19/h4-17H,3,18H2,1-2H3. The molecule has 0 saturated heterocycles. The molecule has 0 spiro atoms. The normalized spacial score (nSPS) is 10.6. The summed E-state index contributed by atoms with van der Waals surface area (Å²) in [4.78, 5) is 40.4. The summed E-state index contributed by atoms with van der Waals surface area (Å²) in [6.45, 7) is 1.61. The Kier molecular flexibility index (Phi) is 10.2. The quantitative estimate of drug-likeness (QED) is 0.123. The summed E-state index contributed by atoms with van der Waals surface area (Å²) in [5.74, 6) is -0.00792. The molecule has 0 aliphatic rings. The Morgan fingerprint density at radius 3 is 2.12 bits per heavy atom. The number of esters is 1. The Labute approximate surface area is 259 Å². The van der Waals surface area contributed by atoms with Crippen molar-refractivity contribution in [2.75, 3.05) is 25.2 Å². The predicted octanol–water partition coefficient (Wildman–Crippen LogP) is 8.11. The first-order chi connectivity index (χ1) is 19.7. The van der Waals surface area contributed by atoms with Gasteiger partial charge in [0.05, 0.1) is 28.2 Å². The molecule has 7 nitrogen and oxygen atoms in total. The summed E-state index contributed by atoms with van der Waals surface area (Å²) < 4.78 is 17.7. The van der Waals surface area contributed by atoms with Crippen molar-refractivity contribution in [1.29, 1.82) is 0 Å². The van der Waals surface area contributed by atoms with Gasteiger partial charge in [0.2, 0.25) is 0 Å². The highest BCUT2D eigenvalue weighted by Gasteiger charge is 2.24. The molecular formula is C31H24Br2ClNO6. The minimum atomic E-state index is -0.541. The fraction of sp³-hybridized carbons (Fsp3) is 0.129. The van der Waals surface area contributed by atoms with Gasteiger partial charge in [-0.2, -0.15) is 0 Å². The van der Waals surface area contributed by atoms with Crippen LogP contribution >= 0.6 is 43.5 Å². The van der Waals surface area contributed by atoms with E-state index in [4.69, 9.17) is 25.8 Å². The van der Waals surface area contributed by atoms with Crippen molar-refractivity contribution in [3.8, 4) is 17.2 Å². The molecule has 4 rings (SSSR count). The van der Waals surface area contributed by atoms with Gasteiger partial charge in [-0.1, -0.05) is 29.8 Å². The molecule has 0 bridgehead atoms. The van der Waals surface area contributed by atoms with Crippen LogP contribution in [0.3, 0.4) is 0 Å². The SMILES string of the molecule is CCOC(=O)CN(C(=O)c1ccccc1)c1cc(Br)c(Oc2ccc(OC)c(C(=O)c3ccc(Cl)cc3)c2)c(Br)c1. The highest BCUT2D eigenvalue weighted by molar-refractivity contribution is 9.11. The highest BCUT2D eigenvalue weighted by atomic mass is 79.9. The number of amides is 1. The van der Waals surface area contributed by atoms with Crippen molar-refractivity contribution < 1.29 is 28.6 Å². The molecular weight excluding hydrogens is 678 g/mol. The molecule has 0 aromatic heterocycles. The van der Waals surface area contributed by atoms with Gasteiger partial charge in [-0.05, 0) is 106 Å². The van der Waals surface area contributed by atoms with Crippen LogP contribution in [0, 0.1) is 0 Å². The Balaban J connectivity index is 1.67. The Morgan fingerprint density at radius 2 is 1.51 bits per heavy atom. The van der Waals surface area contributed by atoms with E-state index in [0.717, 1.165) is 0 Å². The Morgan fingerprint density at radius 1 is 0.854 bits per heavy atom. The third-order valence-corrected chi connectivity index (χ3v) is 7.33. The number of halogens is 3. The van der Waals surface area contributed by atoms with Crippen molar-refractivity contribution in [2.45, 2.75) is 6.92 Å². The van der Waals surface area contributed by atoms with E-state index in [-0.39, 0.29) is 24.8 Å². The second kappa shape index (κ2) is 13.8. The third-order valence-electron chi connectivity index (χ3n) is 5.90. The summed E-state index contributed by atoms with van der Waals surface area (Å²) in [6.07, 6.45) is 0. The first-order valence-corrected chi connectivity index (χ1v) is 14.4. The summed E-state index contributed by atoms with van der Waals surface area (Å²) >= 11 is 13.0.